The first-order valence-corrected chi connectivity index (χ1v) is 6.45. The van der Waals surface area contributed by atoms with Crippen LogP contribution in [-0.2, 0) is 12.8 Å². The molecule has 5 nitrogen and oxygen atoms in total. The summed E-state index contributed by atoms with van der Waals surface area (Å²) in [6.45, 7) is 1.55. The van der Waals surface area contributed by atoms with Gasteiger partial charge in [0.15, 0.2) is 5.82 Å². The number of hydrogen-bond donors (Lipinski definition) is 1. The van der Waals surface area contributed by atoms with E-state index in [1.807, 2.05) is 26.2 Å². The minimum absolute atomic E-state index is 0.577. The molecular formula is C14H20N4O. The Labute approximate surface area is 113 Å². The first-order valence-electron chi connectivity index (χ1n) is 6.45. The van der Waals surface area contributed by atoms with Gasteiger partial charge in [-0.3, -0.25) is 0 Å². The van der Waals surface area contributed by atoms with E-state index in [1.54, 1.807) is 0 Å². The molecule has 0 bridgehead atoms. The van der Waals surface area contributed by atoms with Gasteiger partial charge in [0.25, 0.3) is 5.89 Å². The minimum atomic E-state index is 0.577. The van der Waals surface area contributed by atoms with Crippen LogP contribution < -0.4 is 5.73 Å². The van der Waals surface area contributed by atoms with Gasteiger partial charge >= 0.3 is 0 Å². The molecule has 2 N–H and O–H groups in total. The Morgan fingerprint density at radius 2 is 2.11 bits per heavy atom. The molecule has 0 amide bonds. The molecule has 102 valence electrons. The van der Waals surface area contributed by atoms with E-state index in [-0.39, 0.29) is 0 Å². The number of benzene rings is 1. The maximum atomic E-state index is 5.57. The number of likely N-dealkylation sites (N-methyl/N-ethyl adjacent to an activating group) is 1. The summed E-state index contributed by atoms with van der Waals surface area (Å²) in [7, 11) is 4.05. The van der Waals surface area contributed by atoms with E-state index in [0.717, 1.165) is 30.8 Å². The highest BCUT2D eigenvalue weighted by Gasteiger charge is 2.09. The lowest BCUT2D eigenvalue weighted by Gasteiger charge is -2.05. The first kappa shape index (κ1) is 13.7. The molecule has 0 fully saturated rings. The smallest absolute Gasteiger partial charge is 0.257 e. The summed E-state index contributed by atoms with van der Waals surface area (Å²) in [6, 6.07) is 8.07. The van der Waals surface area contributed by atoms with Crippen LogP contribution in [0.3, 0.4) is 0 Å². The van der Waals surface area contributed by atoms with Crippen LogP contribution in [-0.4, -0.2) is 42.2 Å². The van der Waals surface area contributed by atoms with E-state index in [4.69, 9.17) is 10.3 Å². The van der Waals surface area contributed by atoms with Crippen LogP contribution in [0.25, 0.3) is 11.5 Å². The molecule has 0 aliphatic carbocycles. The lowest BCUT2D eigenvalue weighted by atomic mass is 10.1. The van der Waals surface area contributed by atoms with Crippen molar-refractivity contribution in [2.45, 2.75) is 12.8 Å². The van der Waals surface area contributed by atoms with Gasteiger partial charge in [0.2, 0.25) is 0 Å². The SMILES string of the molecule is CN(C)CCc1noc(-c2cccc(CCN)c2)n1. The Kier molecular flexibility index (Phi) is 4.65. The summed E-state index contributed by atoms with van der Waals surface area (Å²) in [5.74, 6) is 1.32. The molecule has 0 radical (unpaired) electrons. The Hall–Kier alpha value is -1.72. The molecule has 2 rings (SSSR count). The van der Waals surface area contributed by atoms with Crippen LogP contribution in [0.4, 0.5) is 0 Å². The summed E-state index contributed by atoms with van der Waals surface area (Å²) < 4.78 is 5.31. The number of hydrogen-bond acceptors (Lipinski definition) is 5. The van der Waals surface area contributed by atoms with Crippen molar-refractivity contribution in [3.05, 3.63) is 35.7 Å². The highest BCUT2D eigenvalue weighted by Crippen LogP contribution is 2.18. The average molecular weight is 260 g/mol. The summed E-state index contributed by atoms with van der Waals surface area (Å²) in [4.78, 5) is 6.51. The van der Waals surface area contributed by atoms with Gasteiger partial charge in [0.05, 0.1) is 0 Å². The predicted octanol–water partition coefficient (Wildman–Crippen LogP) is 1.34. The number of aromatic nitrogens is 2. The molecule has 5 heteroatoms. The maximum absolute atomic E-state index is 5.57. The fraction of sp³-hybridized carbons (Fsp3) is 0.429. The zero-order valence-electron chi connectivity index (χ0n) is 11.5. The van der Waals surface area contributed by atoms with E-state index in [1.165, 1.54) is 5.56 Å². The summed E-state index contributed by atoms with van der Waals surface area (Å²) in [5, 5.41) is 4.00. The largest absolute Gasteiger partial charge is 0.334 e. The fourth-order valence-electron chi connectivity index (χ4n) is 1.82. The zero-order chi connectivity index (χ0) is 13.7. The van der Waals surface area contributed by atoms with Crippen LogP contribution in [0.1, 0.15) is 11.4 Å². The van der Waals surface area contributed by atoms with Crippen LogP contribution >= 0.6 is 0 Å². The molecule has 1 heterocycles. The van der Waals surface area contributed by atoms with Gasteiger partial charge in [-0.2, -0.15) is 4.98 Å². The van der Waals surface area contributed by atoms with Gasteiger partial charge < -0.3 is 15.2 Å². The fourth-order valence-corrected chi connectivity index (χ4v) is 1.82. The quantitative estimate of drug-likeness (QED) is 0.849. The van der Waals surface area contributed by atoms with Gasteiger partial charge in [-0.1, -0.05) is 17.3 Å². The molecule has 1 aromatic heterocycles. The predicted molar refractivity (Wildman–Crippen MR) is 74.8 cm³/mol. The highest BCUT2D eigenvalue weighted by molar-refractivity contribution is 5.54. The van der Waals surface area contributed by atoms with Gasteiger partial charge in [-0.15, -0.1) is 0 Å². The second-order valence-electron chi connectivity index (χ2n) is 4.81. The van der Waals surface area contributed by atoms with E-state index in [9.17, 15) is 0 Å². The standard InChI is InChI=1S/C14H20N4O/c1-18(2)9-7-13-16-14(19-17-13)12-5-3-4-11(10-12)6-8-15/h3-5,10H,6-9,15H2,1-2H3. The van der Waals surface area contributed by atoms with Crippen LogP contribution in [0, 0.1) is 0 Å². The Morgan fingerprint density at radius 1 is 1.26 bits per heavy atom. The molecule has 2 aromatic rings. The second kappa shape index (κ2) is 6.45. The zero-order valence-corrected chi connectivity index (χ0v) is 11.5. The van der Waals surface area contributed by atoms with E-state index in [0.29, 0.717) is 12.4 Å². The molecule has 1 aromatic carbocycles. The molecule has 0 saturated carbocycles. The lowest BCUT2D eigenvalue weighted by molar-refractivity contribution is 0.392. The second-order valence-corrected chi connectivity index (χ2v) is 4.81. The van der Waals surface area contributed by atoms with Crippen LogP contribution in [0.15, 0.2) is 28.8 Å². The summed E-state index contributed by atoms with van der Waals surface area (Å²) in [5.41, 5.74) is 7.71. The Balaban J connectivity index is 2.11. The van der Waals surface area contributed by atoms with Gasteiger partial charge in [-0.25, -0.2) is 0 Å². The Morgan fingerprint density at radius 3 is 2.84 bits per heavy atom. The number of rotatable bonds is 6. The molecule has 0 aliphatic rings. The topological polar surface area (TPSA) is 68.2 Å². The van der Waals surface area contributed by atoms with Crippen molar-refractivity contribution < 1.29 is 4.52 Å². The molecule has 19 heavy (non-hydrogen) atoms. The van der Waals surface area contributed by atoms with E-state index in [2.05, 4.69) is 27.2 Å². The van der Waals surface area contributed by atoms with Gasteiger partial charge in [0.1, 0.15) is 0 Å². The molecule has 0 unspecified atom stereocenters. The average Bonchev–Trinajstić information content (AvgIpc) is 2.86. The van der Waals surface area contributed by atoms with Crippen molar-refractivity contribution in [1.29, 1.82) is 0 Å². The van der Waals surface area contributed by atoms with Crippen LogP contribution in [0.5, 0.6) is 0 Å². The van der Waals surface area contributed by atoms with Crippen molar-refractivity contribution in [3.63, 3.8) is 0 Å². The van der Waals surface area contributed by atoms with Crippen LogP contribution in [0.2, 0.25) is 0 Å². The minimum Gasteiger partial charge on any atom is -0.334 e. The number of nitrogens with zero attached hydrogens (tertiary/aromatic N) is 3. The normalized spacial score (nSPS) is 11.2. The van der Waals surface area contributed by atoms with Crippen molar-refractivity contribution in [1.82, 2.24) is 15.0 Å². The molecule has 0 saturated heterocycles. The van der Waals surface area contributed by atoms with Crippen molar-refractivity contribution >= 4 is 0 Å². The summed E-state index contributed by atoms with van der Waals surface area (Å²) >= 11 is 0. The van der Waals surface area contributed by atoms with Gasteiger partial charge in [-0.05, 0) is 44.8 Å². The molecule has 0 aliphatic heterocycles. The highest BCUT2D eigenvalue weighted by atomic mass is 16.5. The third-order valence-electron chi connectivity index (χ3n) is 2.86. The van der Waals surface area contributed by atoms with E-state index < -0.39 is 0 Å². The third kappa shape index (κ3) is 3.87. The lowest BCUT2D eigenvalue weighted by Crippen LogP contribution is -2.15. The Bertz CT molecular complexity index is 522. The van der Waals surface area contributed by atoms with Gasteiger partial charge in [0, 0.05) is 18.5 Å². The van der Waals surface area contributed by atoms with Crippen molar-refractivity contribution in [3.8, 4) is 11.5 Å². The molecule has 0 atom stereocenters. The van der Waals surface area contributed by atoms with Crippen molar-refractivity contribution in [2.24, 2.45) is 5.73 Å². The molecule has 0 spiro atoms. The maximum Gasteiger partial charge on any atom is 0.257 e. The summed E-state index contributed by atoms with van der Waals surface area (Å²) in [6.07, 6.45) is 1.65. The monoisotopic (exact) mass is 260 g/mol. The first-order chi connectivity index (χ1) is 9.19. The third-order valence-corrected chi connectivity index (χ3v) is 2.86. The van der Waals surface area contributed by atoms with E-state index >= 15 is 0 Å². The molecular weight excluding hydrogens is 240 g/mol. The number of nitrogens with two attached hydrogens (primary N) is 1. The van der Waals surface area contributed by atoms with Crippen molar-refractivity contribution in [2.75, 3.05) is 27.2 Å².